The zero-order chi connectivity index (χ0) is 59.8. The van der Waals surface area contributed by atoms with Crippen LogP contribution in [0.25, 0.3) is 0 Å². The van der Waals surface area contributed by atoms with E-state index in [-0.39, 0.29) is 257 Å². The van der Waals surface area contributed by atoms with Crippen LogP contribution in [-0.2, 0) is 38.4 Å². The third kappa shape index (κ3) is 28.3. The molecule has 0 saturated carbocycles. The number of ketones is 1. The van der Waals surface area contributed by atoms with Gasteiger partial charge in [0.25, 0.3) is 17.7 Å². The van der Waals surface area contributed by atoms with Crippen molar-refractivity contribution in [2.24, 2.45) is 5.73 Å². The molecule has 2 atom stereocenters. The first-order valence-corrected chi connectivity index (χ1v) is 28.9. The second-order valence-electron chi connectivity index (χ2n) is 19.3. The number of amides is 5. The largest absolute Gasteiger partial charge is 3.00 e. The first-order valence-electron chi connectivity index (χ1n) is 25.7. The van der Waals surface area contributed by atoms with E-state index >= 15 is 0 Å². The molecular weight excluding hydrogens is 1710 g/mol. The van der Waals surface area contributed by atoms with E-state index in [4.69, 9.17) is 5.73 Å². The molecule has 2 heterocycles. The summed E-state index contributed by atoms with van der Waals surface area (Å²) in [7, 11) is 0. The predicted octanol–water partition coefficient (Wildman–Crippen LogP) is -3.48. The van der Waals surface area contributed by atoms with E-state index in [9.17, 15) is 78.3 Å². The molecule has 0 aromatic heterocycles. The molecule has 82 heavy (non-hydrogen) atoms. The monoisotopic (exact) mass is 1790 g/mol. The molecule has 2 saturated heterocycles. The number of hydrogen-bond acceptors (Lipinski definition) is 19. The van der Waals surface area contributed by atoms with Crippen LogP contribution in [0.4, 0.5) is 0 Å². The van der Waals surface area contributed by atoms with Crippen molar-refractivity contribution in [2.75, 3.05) is 170 Å². The first-order chi connectivity index (χ1) is 37.7. The summed E-state index contributed by atoms with van der Waals surface area (Å²) < 4.78 is 0.538. The summed E-state index contributed by atoms with van der Waals surface area (Å²) in [5.41, 5.74) is 5.66. The number of primary amides is 1. The van der Waals surface area contributed by atoms with Gasteiger partial charge in [0.2, 0.25) is 11.8 Å². The molecule has 3 rings (SSSR count). The SMILES string of the molecule is CC(=O)CN1CCN(CC(=O)O)CCN(CC(=O)O)CCN(C(C)C(=O)NCCNC(=O)c2c(I)c(C(N)=O)c(I)c(C(=O)NCCNC(=O)C(C)N3CCN(CC(=O)O)CCN(CC(=O)O)CCN(CC(=O)O)CC3)c2I)CC1.[Gd+3].[Gd+3]. The number of aliphatic carboxylic acids is 5. The Morgan fingerprint density at radius 3 is 0.854 bits per heavy atom. The smallest absolute Gasteiger partial charge is 0.480 e. The average molecular weight is 1780 g/mol. The van der Waals surface area contributed by atoms with E-state index < -0.39 is 71.5 Å². The van der Waals surface area contributed by atoms with Crippen LogP contribution < -0.4 is 27.0 Å². The van der Waals surface area contributed by atoms with Gasteiger partial charge in [-0.25, -0.2) is 0 Å². The number of Topliss-reactive ketones (excluding diaryl/α,β-unsaturated/α-hetero) is 1. The number of nitrogens with two attached hydrogens (primary N) is 1. The average Bonchev–Trinajstić information content (AvgIpc) is 3.34. The number of carboxylic acid groups (broad SMARTS) is 5. The van der Waals surface area contributed by atoms with Crippen LogP contribution in [-0.4, -0.2) is 312 Å². The van der Waals surface area contributed by atoms with Crippen molar-refractivity contribution in [3.8, 4) is 0 Å². The van der Waals surface area contributed by atoms with Crippen molar-refractivity contribution in [3.05, 3.63) is 27.4 Å². The van der Waals surface area contributed by atoms with Gasteiger partial charge in [-0.2, -0.15) is 0 Å². The van der Waals surface area contributed by atoms with Crippen LogP contribution in [0.5, 0.6) is 0 Å². The third-order valence-electron chi connectivity index (χ3n) is 13.3. The van der Waals surface area contributed by atoms with Crippen LogP contribution in [0, 0.1) is 90.6 Å². The van der Waals surface area contributed by atoms with Gasteiger partial charge >= 0.3 is 110 Å². The molecule has 11 N–H and O–H groups in total. The number of nitrogens with one attached hydrogen (secondary N) is 4. The number of carbonyl (C=O) groups excluding carboxylic acids is 6. The van der Waals surface area contributed by atoms with E-state index in [1.807, 2.05) is 32.4 Å². The van der Waals surface area contributed by atoms with Gasteiger partial charge in [-0.3, -0.25) is 91.9 Å². The minimum atomic E-state index is -1.09. The maximum absolute atomic E-state index is 13.9. The summed E-state index contributed by atoms with van der Waals surface area (Å²) in [4.78, 5) is 152. The van der Waals surface area contributed by atoms with Gasteiger partial charge in [0.05, 0.1) is 68.0 Å². The summed E-state index contributed by atoms with van der Waals surface area (Å²) in [5, 5.41) is 58.7. The van der Waals surface area contributed by atoms with Gasteiger partial charge in [-0.15, -0.1) is 0 Å². The molecule has 1 aromatic rings. The number of benzene rings is 1. The van der Waals surface area contributed by atoms with E-state index in [0.717, 1.165) is 0 Å². The summed E-state index contributed by atoms with van der Waals surface area (Å²) in [6, 6.07) is -1.55. The second-order valence-corrected chi connectivity index (χ2v) is 22.5. The number of hydrogen-bond donors (Lipinski definition) is 10. The fraction of sp³-hybridized carbons (Fsp3) is 0.646. The van der Waals surface area contributed by atoms with Crippen molar-refractivity contribution in [2.45, 2.75) is 32.9 Å². The molecule has 1 aromatic carbocycles. The van der Waals surface area contributed by atoms with Crippen molar-refractivity contribution < 1.29 is 158 Å². The summed E-state index contributed by atoms with van der Waals surface area (Å²) in [6.45, 7) is 6.99. The molecule has 2 aliphatic rings. The van der Waals surface area contributed by atoms with Crippen LogP contribution in [0.2, 0.25) is 0 Å². The Bertz CT molecular complexity index is 2190. The zero-order valence-corrected chi connectivity index (χ0v) is 56.8. The number of rotatable bonds is 25. The van der Waals surface area contributed by atoms with E-state index in [1.54, 1.807) is 88.4 Å². The van der Waals surface area contributed by atoms with Gasteiger partial charge in [-0.05, 0) is 88.5 Å². The number of carbonyl (C=O) groups is 11. The Labute approximate surface area is 580 Å². The van der Waals surface area contributed by atoms with Crippen molar-refractivity contribution >= 4 is 133 Å². The van der Waals surface area contributed by atoms with Gasteiger partial charge in [0.15, 0.2) is 0 Å². The molecule has 2 fully saturated rings. The Morgan fingerprint density at radius 2 is 0.622 bits per heavy atom. The number of halogens is 3. The molecule has 5 amide bonds. The Balaban J connectivity index is 0.0000168. The minimum absolute atomic E-state index is 0. The summed E-state index contributed by atoms with van der Waals surface area (Å²) in [6.07, 6.45) is 0. The van der Waals surface area contributed by atoms with Crippen molar-refractivity contribution in [1.29, 1.82) is 0 Å². The molecule has 34 heteroatoms. The van der Waals surface area contributed by atoms with Crippen molar-refractivity contribution in [1.82, 2.24) is 60.5 Å². The molecular formula is C48H74Gd2I3N13O16+6. The zero-order valence-electron chi connectivity index (χ0n) is 45.8. The van der Waals surface area contributed by atoms with Gasteiger partial charge in [0, 0.05) is 142 Å². The normalized spacial score (nSPS) is 17.5. The van der Waals surface area contributed by atoms with Crippen molar-refractivity contribution in [3.63, 3.8) is 0 Å². The number of carboxylic acids is 5. The van der Waals surface area contributed by atoms with Crippen LogP contribution in [0.1, 0.15) is 51.8 Å². The van der Waals surface area contributed by atoms with E-state index in [0.29, 0.717) is 26.2 Å². The third-order valence-corrected chi connectivity index (χ3v) is 16.5. The standard InChI is InChI=1S/C48H74I3N13O16.2Gd/c1-30(65)24-57-8-9-58(25-33(66)67)10-13-60(27-35(70)71)17-21-63(20-16-57)31(2)45(77)53-4-6-55-47(79)39-41(49)38(44(52)76)42(50)40(43(39)51)48(80)56-7-5-54-46(78)32(3)64-22-18-61(28-36(72)73)14-11-59(26-34(68)69)12-15-62(19-23-64)29-37(74)75;;/h31-32H,4-29H2,1-3H3,(H2,52,76)(H,53,77)(H,54,78)(H,55,79)(H,56,80)(H,66,67)(H,68,69)(H,70,71)(H,72,73)(H,74,75);;/q;2*+3. The summed E-state index contributed by atoms with van der Waals surface area (Å²) in [5.74, 6) is -8.58. The van der Waals surface area contributed by atoms with E-state index in [2.05, 4.69) is 21.3 Å². The molecule has 0 spiro atoms. The maximum atomic E-state index is 13.9. The molecule has 0 bridgehead atoms. The molecule has 29 nitrogen and oxygen atoms in total. The maximum Gasteiger partial charge on any atom is 3.00 e. The molecule has 2 aliphatic heterocycles. The first kappa shape index (κ1) is 78.1. The molecule has 2 radical (unpaired) electrons. The van der Waals surface area contributed by atoms with Gasteiger partial charge in [0.1, 0.15) is 5.78 Å². The fourth-order valence-corrected chi connectivity index (χ4v) is 13.6. The van der Waals surface area contributed by atoms with Crippen LogP contribution >= 0.6 is 67.8 Å². The molecule has 458 valence electrons. The quantitative estimate of drug-likeness (QED) is 0.0336. The second kappa shape index (κ2) is 40.5. The van der Waals surface area contributed by atoms with E-state index in [1.165, 1.54) is 6.92 Å². The Kier molecular flexibility index (Phi) is 38.6. The summed E-state index contributed by atoms with van der Waals surface area (Å²) >= 11 is 5.44. The van der Waals surface area contributed by atoms with Gasteiger partial charge in [-0.1, -0.05) is 0 Å². The Hall–Kier alpha value is -1.89. The Morgan fingerprint density at radius 1 is 0.402 bits per heavy atom. The number of nitrogens with zero attached hydrogens (tertiary/aromatic N) is 8. The van der Waals surface area contributed by atoms with Crippen LogP contribution in [0.15, 0.2) is 0 Å². The van der Waals surface area contributed by atoms with Crippen LogP contribution in [0.3, 0.4) is 0 Å². The predicted molar refractivity (Wildman–Crippen MR) is 313 cm³/mol. The molecule has 2 unspecified atom stereocenters. The van der Waals surface area contributed by atoms with Gasteiger partial charge < -0.3 is 52.5 Å². The minimum Gasteiger partial charge on any atom is -0.480 e. The fourth-order valence-electron chi connectivity index (χ4n) is 8.91. The topological polar surface area (TPSA) is 389 Å². The molecule has 0 aliphatic carbocycles.